The lowest BCUT2D eigenvalue weighted by molar-refractivity contribution is -0.150. The van der Waals surface area contributed by atoms with Crippen LogP contribution in [-0.4, -0.2) is 28.8 Å². The second-order valence-corrected chi connectivity index (χ2v) is 5.14. The van der Waals surface area contributed by atoms with Gasteiger partial charge in [-0.3, -0.25) is 19.8 Å². The molecule has 0 bridgehead atoms. The van der Waals surface area contributed by atoms with Crippen LogP contribution < -0.4 is 5.32 Å². The van der Waals surface area contributed by atoms with E-state index in [1.54, 1.807) is 13.8 Å². The number of hydrogen-bond donors (Lipinski definition) is 1. The van der Waals surface area contributed by atoms with Crippen LogP contribution >= 0.6 is 0 Å². The molecule has 1 N–H and O–H groups in total. The number of hydrogen-bond acceptors (Lipinski definition) is 3. The molecule has 1 atom stereocenters. The van der Waals surface area contributed by atoms with E-state index in [4.69, 9.17) is 0 Å². The molecule has 0 radical (unpaired) electrons. The van der Waals surface area contributed by atoms with Gasteiger partial charge in [0, 0.05) is 6.04 Å². The molecule has 2 aliphatic rings. The van der Waals surface area contributed by atoms with E-state index in [2.05, 4.69) is 5.32 Å². The predicted octanol–water partition coefficient (Wildman–Crippen LogP) is 0.889. The zero-order valence-electron chi connectivity index (χ0n) is 9.74. The molecule has 1 unspecified atom stereocenters. The van der Waals surface area contributed by atoms with Crippen molar-refractivity contribution in [2.45, 2.75) is 39.7 Å². The quantitative estimate of drug-likeness (QED) is 0.708. The van der Waals surface area contributed by atoms with E-state index in [9.17, 15) is 14.4 Å². The van der Waals surface area contributed by atoms with Crippen LogP contribution in [0.1, 0.15) is 33.6 Å². The Bertz CT molecular complexity index is 371. The van der Waals surface area contributed by atoms with Gasteiger partial charge in [0.05, 0.1) is 0 Å². The average molecular weight is 224 g/mol. The number of barbiturate groups is 1. The van der Waals surface area contributed by atoms with Crippen LogP contribution in [0, 0.1) is 11.3 Å². The van der Waals surface area contributed by atoms with Crippen LogP contribution in [0.25, 0.3) is 0 Å². The number of carbonyl (C=O) groups is 3. The fraction of sp³-hybridized carbons (Fsp3) is 0.727. The molecule has 88 valence electrons. The van der Waals surface area contributed by atoms with Gasteiger partial charge in [-0.2, -0.15) is 0 Å². The Balaban J connectivity index is 2.26. The minimum Gasteiger partial charge on any atom is -0.277 e. The minimum absolute atomic E-state index is 0.111. The first-order chi connectivity index (χ1) is 7.35. The highest BCUT2D eigenvalue weighted by Crippen LogP contribution is 2.37. The molecule has 2 fully saturated rings. The molecule has 5 nitrogen and oxygen atoms in total. The van der Waals surface area contributed by atoms with Gasteiger partial charge >= 0.3 is 6.03 Å². The molecular formula is C11H16N2O3. The third-order valence-corrected chi connectivity index (χ3v) is 3.47. The summed E-state index contributed by atoms with van der Waals surface area (Å²) in [5.41, 5.74) is -1.14. The summed E-state index contributed by atoms with van der Waals surface area (Å²) in [4.78, 5) is 36.5. The summed E-state index contributed by atoms with van der Waals surface area (Å²) in [7, 11) is 0. The van der Waals surface area contributed by atoms with Crippen LogP contribution in [0.15, 0.2) is 0 Å². The van der Waals surface area contributed by atoms with Gasteiger partial charge in [-0.05, 0) is 39.5 Å². The SMILES string of the molecule is CC(C1CC1)N1C(=O)NC(=O)C(C)(C)C1=O. The Morgan fingerprint density at radius 2 is 1.88 bits per heavy atom. The normalized spacial score (nSPS) is 26.7. The van der Waals surface area contributed by atoms with Crippen molar-refractivity contribution >= 4 is 17.8 Å². The standard InChI is InChI=1S/C11H16N2O3/c1-6(7-4-5-7)13-9(15)11(2,3)8(14)12-10(13)16/h6-7H,4-5H2,1-3H3,(H,12,14,16). The van der Waals surface area contributed by atoms with Gasteiger partial charge in [-0.15, -0.1) is 0 Å². The monoisotopic (exact) mass is 224 g/mol. The Hall–Kier alpha value is -1.39. The molecule has 1 aliphatic heterocycles. The van der Waals surface area contributed by atoms with E-state index in [0.29, 0.717) is 5.92 Å². The van der Waals surface area contributed by atoms with Gasteiger partial charge in [-0.1, -0.05) is 0 Å². The molecule has 5 heteroatoms. The summed E-state index contributed by atoms with van der Waals surface area (Å²) in [6.07, 6.45) is 2.10. The van der Waals surface area contributed by atoms with Gasteiger partial charge in [0.15, 0.2) is 0 Å². The molecule has 0 spiro atoms. The maximum Gasteiger partial charge on any atom is 0.331 e. The second-order valence-electron chi connectivity index (χ2n) is 5.14. The van der Waals surface area contributed by atoms with Gasteiger partial charge in [0.25, 0.3) is 0 Å². The van der Waals surface area contributed by atoms with Crippen molar-refractivity contribution in [3.63, 3.8) is 0 Å². The fourth-order valence-electron chi connectivity index (χ4n) is 1.96. The van der Waals surface area contributed by atoms with Crippen molar-refractivity contribution in [2.24, 2.45) is 11.3 Å². The maximum atomic E-state index is 12.1. The van der Waals surface area contributed by atoms with E-state index in [1.807, 2.05) is 6.92 Å². The largest absolute Gasteiger partial charge is 0.331 e. The first-order valence-corrected chi connectivity index (χ1v) is 5.54. The fourth-order valence-corrected chi connectivity index (χ4v) is 1.96. The highest BCUT2D eigenvalue weighted by Gasteiger charge is 2.50. The highest BCUT2D eigenvalue weighted by molar-refractivity contribution is 6.18. The van der Waals surface area contributed by atoms with Gasteiger partial charge in [0.2, 0.25) is 11.8 Å². The molecule has 2 rings (SSSR count). The van der Waals surface area contributed by atoms with Crippen molar-refractivity contribution in [1.82, 2.24) is 10.2 Å². The molecule has 0 aromatic heterocycles. The van der Waals surface area contributed by atoms with Gasteiger partial charge in [0.1, 0.15) is 5.41 Å². The highest BCUT2D eigenvalue weighted by atomic mass is 16.2. The number of urea groups is 1. The number of nitrogens with zero attached hydrogens (tertiary/aromatic N) is 1. The smallest absolute Gasteiger partial charge is 0.277 e. The van der Waals surface area contributed by atoms with Crippen LogP contribution in [0.2, 0.25) is 0 Å². The summed E-state index contributed by atoms with van der Waals surface area (Å²) < 4.78 is 0. The minimum atomic E-state index is -1.14. The number of rotatable bonds is 2. The van der Waals surface area contributed by atoms with Gasteiger partial charge < -0.3 is 0 Å². The molecular weight excluding hydrogens is 208 g/mol. The summed E-state index contributed by atoms with van der Waals surface area (Å²) >= 11 is 0. The van der Waals surface area contributed by atoms with Crippen molar-refractivity contribution < 1.29 is 14.4 Å². The maximum absolute atomic E-state index is 12.1. The van der Waals surface area contributed by atoms with Crippen molar-refractivity contribution in [1.29, 1.82) is 0 Å². The van der Waals surface area contributed by atoms with Crippen LogP contribution in [-0.2, 0) is 9.59 Å². The third-order valence-electron chi connectivity index (χ3n) is 3.47. The molecule has 0 aromatic rings. The van der Waals surface area contributed by atoms with E-state index in [0.717, 1.165) is 12.8 Å². The summed E-state index contributed by atoms with van der Waals surface area (Å²) in [5, 5.41) is 2.24. The molecule has 1 saturated heterocycles. The molecule has 4 amide bonds. The second kappa shape index (κ2) is 3.30. The zero-order chi connectivity index (χ0) is 12.1. The van der Waals surface area contributed by atoms with Gasteiger partial charge in [-0.25, -0.2) is 4.79 Å². The van der Waals surface area contributed by atoms with E-state index in [1.165, 1.54) is 4.90 Å². The van der Waals surface area contributed by atoms with Crippen molar-refractivity contribution in [3.05, 3.63) is 0 Å². The van der Waals surface area contributed by atoms with E-state index < -0.39 is 17.4 Å². The van der Waals surface area contributed by atoms with Crippen LogP contribution in [0.3, 0.4) is 0 Å². The van der Waals surface area contributed by atoms with Crippen molar-refractivity contribution in [2.75, 3.05) is 0 Å². The molecule has 1 aliphatic carbocycles. The predicted molar refractivity (Wildman–Crippen MR) is 56.4 cm³/mol. The lowest BCUT2D eigenvalue weighted by atomic mass is 9.88. The first-order valence-electron chi connectivity index (χ1n) is 5.54. The number of nitrogens with one attached hydrogen (secondary N) is 1. The molecule has 16 heavy (non-hydrogen) atoms. The Kier molecular flexibility index (Phi) is 2.29. The topological polar surface area (TPSA) is 66.5 Å². The lowest BCUT2D eigenvalue weighted by Gasteiger charge is -2.37. The van der Waals surface area contributed by atoms with Crippen LogP contribution in [0.4, 0.5) is 4.79 Å². The summed E-state index contributed by atoms with van der Waals surface area (Å²) in [6.45, 7) is 4.95. The Morgan fingerprint density at radius 3 is 2.38 bits per heavy atom. The number of amides is 4. The third kappa shape index (κ3) is 1.50. The van der Waals surface area contributed by atoms with Crippen molar-refractivity contribution in [3.8, 4) is 0 Å². The average Bonchev–Trinajstić information content (AvgIpc) is 2.98. The van der Waals surface area contributed by atoms with E-state index >= 15 is 0 Å². The lowest BCUT2D eigenvalue weighted by Crippen LogP contribution is -2.64. The zero-order valence-corrected chi connectivity index (χ0v) is 9.74. The number of imide groups is 2. The Labute approximate surface area is 94.2 Å². The van der Waals surface area contributed by atoms with Crippen LogP contribution in [0.5, 0.6) is 0 Å². The van der Waals surface area contributed by atoms with E-state index in [-0.39, 0.29) is 11.9 Å². The summed E-state index contributed by atoms with van der Waals surface area (Å²) in [6, 6.07) is -0.686. The molecule has 0 aromatic carbocycles. The summed E-state index contributed by atoms with van der Waals surface area (Å²) in [5.74, 6) is -0.499. The first kappa shape index (κ1) is 11.1. The molecule has 1 saturated carbocycles. The molecule has 1 heterocycles. The Morgan fingerprint density at radius 1 is 1.31 bits per heavy atom. The number of carbonyl (C=O) groups excluding carboxylic acids is 3.